The van der Waals surface area contributed by atoms with Crippen molar-refractivity contribution in [1.82, 2.24) is 10.6 Å². The van der Waals surface area contributed by atoms with E-state index in [2.05, 4.69) is 10.6 Å². The van der Waals surface area contributed by atoms with Crippen LogP contribution in [0.2, 0.25) is 0 Å². The van der Waals surface area contributed by atoms with Gasteiger partial charge < -0.3 is 55.5 Å². The first-order valence-electron chi connectivity index (χ1n) is 9.05. The van der Waals surface area contributed by atoms with Gasteiger partial charge in [-0.05, 0) is 0 Å². The van der Waals surface area contributed by atoms with Crippen molar-refractivity contribution >= 4 is 11.8 Å². The van der Waals surface area contributed by atoms with Crippen LogP contribution < -0.4 is 10.6 Å². The Morgan fingerprint density at radius 3 is 1.41 bits per heavy atom. The molecule has 0 spiro atoms. The lowest BCUT2D eigenvalue weighted by atomic mass is 9.93. The molecule has 8 N–H and O–H groups in total. The summed E-state index contributed by atoms with van der Waals surface area (Å²) in [7, 11) is 0. The van der Waals surface area contributed by atoms with Crippen molar-refractivity contribution in [3.8, 4) is 0 Å². The zero-order valence-corrected chi connectivity index (χ0v) is 15.9. The third-order valence-electron chi connectivity index (χ3n) is 4.80. The maximum absolute atomic E-state index is 11.3. The van der Waals surface area contributed by atoms with E-state index in [1.54, 1.807) is 0 Å². The summed E-state index contributed by atoms with van der Waals surface area (Å²) >= 11 is 0. The number of carbonyl (C=O) groups is 2. The molecule has 2 amide bonds. The molecule has 0 aromatic rings. The van der Waals surface area contributed by atoms with Crippen LogP contribution >= 0.6 is 0 Å². The predicted octanol–water partition coefficient (Wildman–Crippen LogP) is -5.11. The van der Waals surface area contributed by atoms with Gasteiger partial charge in [-0.1, -0.05) is 0 Å². The molecule has 0 unspecified atom stereocenters. The van der Waals surface area contributed by atoms with Crippen LogP contribution in [-0.2, 0) is 23.8 Å². The fourth-order valence-electron chi connectivity index (χ4n) is 3.46. The third-order valence-corrected chi connectivity index (χ3v) is 4.80. The smallest absolute Gasteiger partial charge is 0.217 e. The van der Waals surface area contributed by atoms with Gasteiger partial charge in [0.25, 0.3) is 0 Å². The fourth-order valence-corrected chi connectivity index (χ4v) is 3.46. The normalized spacial score (nSPS) is 42.9. The summed E-state index contributed by atoms with van der Waals surface area (Å²) in [6.45, 7) is 0.953. The maximum Gasteiger partial charge on any atom is 0.217 e. The zero-order chi connectivity index (χ0) is 21.9. The number of aliphatic hydroxyl groups excluding tert-OH is 6. The molecule has 0 aromatic heterocycles. The van der Waals surface area contributed by atoms with E-state index in [0.717, 1.165) is 13.8 Å². The lowest BCUT2D eigenvalue weighted by Gasteiger charge is -2.47. The molecule has 13 heteroatoms. The molecule has 0 saturated carbocycles. The number of hydrogen-bond acceptors (Lipinski definition) is 11. The monoisotopic (exact) mass is 424 g/mol. The number of carbonyl (C=O) groups excluding carboxylic acids is 2. The van der Waals surface area contributed by atoms with Crippen molar-refractivity contribution < 1.29 is 54.4 Å². The topological polar surface area (TPSA) is 207 Å². The van der Waals surface area contributed by atoms with Gasteiger partial charge in [0.1, 0.15) is 48.7 Å². The van der Waals surface area contributed by atoms with Crippen molar-refractivity contribution in [3.05, 3.63) is 0 Å². The van der Waals surface area contributed by atoms with E-state index in [0.29, 0.717) is 0 Å². The highest BCUT2D eigenvalue weighted by Crippen LogP contribution is 2.29. The van der Waals surface area contributed by atoms with Crippen LogP contribution in [0.3, 0.4) is 0 Å². The van der Waals surface area contributed by atoms with Crippen LogP contribution in [0.5, 0.6) is 0 Å². The van der Waals surface area contributed by atoms with E-state index in [1.807, 2.05) is 0 Å². The minimum absolute atomic E-state index is 0.569. The number of nitrogens with one attached hydrogen (secondary N) is 2. The van der Waals surface area contributed by atoms with Crippen LogP contribution in [0.15, 0.2) is 0 Å². The summed E-state index contributed by atoms with van der Waals surface area (Å²) in [6.07, 6.45) is -11.7. The van der Waals surface area contributed by atoms with Gasteiger partial charge in [0.2, 0.25) is 11.8 Å². The summed E-state index contributed by atoms with van der Waals surface area (Å²) in [5.41, 5.74) is 0. The highest BCUT2D eigenvalue weighted by molar-refractivity contribution is 5.73. The van der Waals surface area contributed by atoms with E-state index >= 15 is 0 Å². The molecule has 0 aromatic carbocycles. The molecule has 168 valence electrons. The Balaban J connectivity index is 2.25. The molecular weight excluding hydrogens is 396 g/mol. The second-order valence-corrected chi connectivity index (χ2v) is 6.99. The number of ether oxygens (including phenoxy) is 3. The number of aliphatic hydroxyl groups is 6. The Morgan fingerprint density at radius 1 is 0.793 bits per heavy atom. The van der Waals surface area contributed by atoms with E-state index in [9.17, 15) is 40.2 Å². The average Bonchev–Trinajstić information content (AvgIpc) is 2.65. The van der Waals surface area contributed by atoms with Crippen molar-refractivity contribution in [1.29, 1.82) is 0 Å². The predicted molar refractivity (Wildman–Crippen MR) is 91.8 cm³/mol. The van der Waals surface area contributed by atoms with Gasteiger partial charge in [0, 0.05) is 13.8 Å². The Morgan fingerprint density at radius 2 is 1.14 bits per heavy atom. The van der Waals surface area contributed by atoms with Gasteiger partial charge in [-0.25, -0.2) is 0 Å². The van der Waals surface area contributed by atoms with Gasteiger partial charge in [0.15, 0.2) is 12.6 Å². The molecule has 10 atom stereocenters. The van der Waals surface area contributed by atoms with Crippen LogP contribution in [0.25, 0.3) is 0 Å². The first-order chi connectivity index (χ1) is 13.6. The van der Waals surface area contributed by atoms with Crippen LogP contribution in [-0.4, -0.2) is 117 Å². The maximum atomic E-state index is 11.3. The molecule has 2 aliphatic rings. The fraction of sp³-hybridized carbons (Fsp3) is 0.875. The molecule has 13 nitrogen and oxygen atoms in total. The molecule has 2 rings (SSSR count). The molecule has 2 aliphatic heterocycles. The largest absolute Gasteiger partial charge is 0.394 e. The Hall–Kier alpha value is -1.42. The molecular formula is C16H28N2O11. The molecule has 0 aliphatic carbocycles. The van der Waals surface area contributed by atoms with Gasteiger partial charge in [-0.2, -0.15) is 0 Å². The summed E-state index contributed by atoms with van der Waals surface area (Å²) < 4.78 is 16.1. The molecule has 2 heterocycles. The second kappa shape index (κ2) is 10.1. The molecule has 0 bridgehead atoms. The van der Waals surface area contributed by atoms with Crippen molar-refractivity contribution in [3.63, 3.8) is 0 Å². The Bertz CT molecular complexity index is 531. The van der Waals surface area contributed by atoms with E-state index in [-0.39, 0.29) is 0 Å². The Labute approximate surface area is 166 Å². The average molecular weight is 424 g/mol. The number of rotatable bonds is 6. The highest BCUT2D eigenvalue weighted by atomic mass is 16.7. The minimum atomic E-state index is -1.64. The molecule has 29 heavy (non-hydrogen) atoms. The Kier molecular flexibility index (Phi) is 8.28. The third kappa shape index (κ3) is 5.39. The van der Waals surface area contributed by atoms with E-state index < -0.39 is 86.3 Å². The van der Waals surface area contributed by atoms with Gasteiger partial charge in [-0.3, -0.25) is 9.59 Å². The summed E-state index contributed by atoms with van der Waals surface area (Å²) in [5, 5.41) is 64.8. The number of hydrogen-bond donors (Lipinski definition) is 8. The van der Waals surface area contributed by atoms with Gasteiger partial charge >= 0.3 is 0 Å². The SMILES string of the molecule is CC(=O)N[C@@H]1[C@@H](O)[C@H](O[C@H]2[C@H](O)[C@@H](NC(C)=O)[C@H](O)O[C@@H]2CO)[C@@H](CO)O[C@H]1O. The minimum Gasteiger partial charge on any atom is -0.394 e. The summed E-state index contributed by atoms with van der Waals surface area (Å²) in [6, 6.07) is -2.60. The molecule has 0 radical (unpaired) electrons. The van der Waals surface area contributed by atoms with Crippen LogP contribution in [0.4, 0.5) is 0 Å². The highest BCUT2D eigenvalue weighted by Gasteiger charge is 2.51. The van der Waals surface area contributed by atoms with Crippen molar-refractivity contribution in [2.75, 3.05) is 13.2 Å². The van der Waals surface area contributed by atoms with Crippen LogP contribution in [0, 0.1) is 0 Å². The first kappa shape index (κ1) is 23.9. The van der Waals surface area contributed by atoms with Crippen LogP contribution in [0.1, 0.15) is 13.8 Å². The van der Waals surface area contributed by atoms with Crippen molar-refractivity contribution in [2.24, 2.45) is 0 Å². The standard InChI is InChI=1S/C16H28N2O11/c1-5(21)17-9-11(23)13(7(3-19)27-15(9)25)29-14-8(4-20)28-16(26)10(12(14)24)18-6(2)22/h7-16,19-20,23-26H,3-4H2,1-2H3,(H,17,21)(H,18,22)/t7-,8-,9-,10-,11-,12-,13-,14-,15-,16-/m1/s1. The number of amides is 2. The van der Waals surface area contributed by atoms with Gasteiger partial charge in [-0.15, -0.1) is 0 Å². The summed E-state index contributed by atoms with van der Waals surface area (Å²) in [5.74, 6) is -1.14. The first-order valence-corrected chi connectivity index (χ1v) is 9.05. The zero-order valence-electron chi connectivity index (χ0n) is 15.9. The molecule has 2 fully saturated rings. The van der Waals surface area contributed by atoms with E-state index in [1.165, 1.54) is 0 Å². The lowest BCUT2D eigenvalue weighted by molar-refractivity contribution is -0.311. The van der Waals surface area contributed by atoms with Gasteiger partial charge in [0.05, 0.1) is 13.2 Å². The molecule has 2 saturated heterocycles. The van der Waals surface area contributed by atoms with E-state index in [4.69, 9.17) is 14.2 Å². The lowest BCUT2D eigenvalue weighted by Crippen LogP contribution is -2.69. The summed E-state index contributed by atoms with van der Waals surface area (Å²) in [4.78, 5) is 22.7. The second-order valence-electron chi connectivity index (χ2n) is 6.99. The quantitative estimate of drug-likeness (QED) is 0.202. The van der Waals surface area contributed by atoms with Crippen molar-refractivity contribution in [2.45, 2.75) is 75.1 Å².